The highest BCUT2D eigenvalue weighted by molar-refractivity contribution is 6.17. The summed E-state index contributed by atoms with van der Waals surface area (Å²) in [4.78, 5) is 17.9. The molecular weight excluding hydrogens is 344 g/mol. The van der Waals surface area contributed by atoms with E-state index >= 15 is 0 Å². The van der Waals surface area contributed by atoms with Gasteiger partial charge in [-0.25, -0.2) is 4.98 Å². The lowest BCUT2D eigenvalue weighted by Crippen LogP contribution is -2.19. The van der Waals surface area contributed by atoms with Crippen LogP contribution in [-0.2, 0) is 13.0 Å². The predicted octanol–water partition coefficient (Wildman–Crippen LogP) is 4.75. The lowest BCUT2D eigenvalue weighted by atomic mass is 9.97. The molecule has 3 nitrogen and oxygen atoms in total. The van der Waals surface area contributed by atoms with E-state index < -0.39 is 0 Å². The second kappa shape index (κ2) is 5.96. The van der Waals surface area contributed by atoms with E-state index in [-0.39, 0.29) is 5.56 Å². The molecule has 5 rings (SSSR count). The van der Waals surface area contributed by atoms with Gasteiger partial charge in [0.05, 0.1) is 23.4 Å². The first kappa shape index (κ1) is 15.6. The first-order valence-corrected chi connectivity index (χ1v) is 9.41. The molecule has 0 atom stereocenters. The van der Waals surface area contributed by atoms with E-state index in [0.29, 0.717) is 12.4 Å². The van der Waals surface area contributed by atoms with E-state index in [0.717, 1.165) is 40.5 Å². The Bertz CT molecular complexity index is 1230. The van der Waals surface area contributed by atoms with Crippen LogP contribution in [0.1, 0.15) is 17.5 Å². The van der Waals surface area contributed by atoms with Gasteiger partial charge in [-0.1, -0.05) is 36.4 Å². The maximum Gasteiger partial charge on any atom is 0.259 e. The summed E-state index contributed by atoms with van der Waals surface area (Å²) in [7, 11) is 0. The second-order valence-corrected chi connectivity index (χ2v) is 7.11. The standard InChI is InChI=1S/C22H17ClN2O/c23-11-5-9-16-17-8-3-4-10-19(17)24-21-18(16)13-25-20(21)12-14-6-1-2-7-15(14)22(25)26/h1-4,6-8,10,12H,5,9,11,13H2. The number of aryl methyl sites for hydroxylation is 1. The molecule has 0 saturated heterocycles. The molecule has 0 bridgehead atoms. The molecule has 0 radical (unpaired) electrons. The molecule has 0 fully saturated rings. The molecule has 0 aliphatic carbocycles. The van der Waals surface area contributed by atoms with Crippen LogP contribution in [0.25, 0.3) is 33.1 Å². The molecule has 2 aromatic heterocycles. The number of hydrogen-bond donors (Lipinski definition) is 0. The van der Waals surface area contributed by atoms with Crippen LogP contribution in [0, 0.1) is 0 Å². The fourth-order valence-corrected chi connectivity index (χ4v) is 4.17. The summed E-state index contributed by atoms with van der Waals surface area (Å²) in [5, 5.41) is 2.89. The van der Waals surface area contributed by atoms with Crippen LogP contribution in [0.4, 0.5) is 0 Å². The maximum atomic E-state index is 13.0. The molecule has 2 aromatic carbocycles. The highest BCUT2D eigenvalue weighted by Gasteiger charge is 2.26. The van der Waals surface area contributed by atoms with Crippen LogP contribution in [0.5, 0.6) is 0 Å². The van der Waals surface area contributed by atoms with Gasteiger partial charge in [-0.05, 0) is 42.0 Å². The van der Waals surface area contributed by atoms with Gasteiger partial charge in [-0.15, -0.1) is 11.6 Å². The predicted molar refractivity (Wildman–Crippen MR) is 107 cm³/mol. The number of hydrogen-bond acceptors (Lipinski definition) is 2. The quantitative estimate of drug-likeness (QED) is 0.435. The number of nitrogens with zero attached hydrogens (tertiary/aromatic N) is 2. The molecule has 0 unspecified atom stereocenters. The Hall–Kier alpha value is -2.65. The van der Waals surface area contributed by atoms with Gasteiger partial charge in [0.25, 0.3) is 5.56 Å². The second-order valence-electron chi connectivity index (χ2n) is 6.74. The van der Waals surface area contributed by atoms with Gasteiger partial charge in [0.15, 0.2) is 0 Å². The fourth-order valence-electron chi connectivity index (χ4n) is 4.04. The lowest BCUT2D eigenvalue weighted by molar-refractivity contribution is 0.799. The molecule has 3 heterocycles. The van der Waals surface area contributed by atoms with Gasteiger partial charge in [0, 0.05) is 22.2 Å². The lowest BCUT2D eigenvalue weighted by Gasteiger charge is -2.11. The Labute approximate surface area is 155 Å². The van der Waals surface area contributed by atoms with E-state index in [9.17, 15) is 4.79 Å². The fraction of sp³-hybridized carbons (Fsp3) is 0.182. The minimum absolute atomic E-state index is 0.0587. The number of para-hydroxylation sites is 1. The van der Waals surface area contributed by atoms with Crippen molar-refractivity contribution in [1.29, 1.82) is 0 Å². The maximum absolute atomic E-state index is 13.0. The Kier molecular flexibility index (Phi) is 3.57. The first-order chi connectivity index (χ1) is 12.8. The molecule has 1 aliphatic rings. The minimum Gasteiger partial charge on any atom is -0.302 e. The molecule has 0 saturated carbocycles. The van der Waals surface area contributed by atoms with Crippen molar-refractivity contribution in [3.8, 4) is 11.4 Å². The molecule has 1 aliphatic heterocycles. The highest BCUT2D eigenvalue weighted by atomic mass is 35.5. The number of alkyl halides is 1. The third-order valence-electron chi connectivity index (χ3n) is 5.25. The van der Waals surface area contributed by atoms with Gasteiger partial charge >= 0.3 is 0 Å². The van der Waals surface area contributed by atoms with Crippen LogP contribution < -0.4 is 5.56 Å². The van der Waals surface area contributed by atoms with Crippen LogP contribution in [0.15, 0.2) is 59.4 Å². The molecule has 4 heteroatoms. The van der Waals surface area contributed by atoms with E-state index in [1.54, 1.807) is 0 Å². The van der Waals surface area contributed by atoms with E-state index in [1.807, 2.05) is 47.0 Å². The zero-order valence-corrected chi connectivity index (χ0v) is 15.0. The number of aromatic nitrogens is 2. The number of fused-ring (bicyclic) bond motifs is 5. The van der Waals surface area contributed by atoms with Gasteiger partial charge in [0.1, 0.15) is 0 Å². The Morgan fingerprint density at radius 1 is 1.04 bits per heavy atom. The van der Waals surface area contributed by atoms with Crippen molar-refractivity contribution in [2.45, 2.75) is 19.4 Å². The van der Waals surface area contributed by atoms with E-state index in [2.05, 4.69) is 12.1 Å². The minimum atomic E-state index is 0.0587. The van der Waals surface area contributed by atoms with E-state index in [1.165, 1.54) is 16.5 Å². The number of halogens is 1. The average molecular weight is 361 g/mol. The number of rotatable bonds is 3. The van der Waals surface area contributed by atoms with Crippen LogP contribution in [0.3, 0.4) is 0 Å². The van der Waals surface area contributed by atoms with Crippen LogP contribution >= 0.6 is 11.6 Å². The summed E-state index contributed by atoms with van der Waals surface area (Å²) >= 11 is 5.97. The van der Waals surface area contributed by atoms with Gasteiger partial charge in [0.2, 0.25) is 0 Å². The molecule has 26 heavy (non-hydrogen) atoms. The van der Waals surface area contributed by atoms with Crippen LogP contribution in [-0.4, -0.2) is 15.4 Å². The van der Waals surface area contributed by atoms with Gasteiger partial charge in [-0.2, -0.15) is 0 Å². The molecule has 0 spiro atoms. The van der Waals surface area contributed by atoms with Crippen molar-refractivity contribution >= 4 is 33.3 Å². The molecule has 0 amide bonds. The molecular formula is C22H17ClN2O. The summed E-state index contributed by atoms with van der Waals surface area (Å²) in [6, 6.07) is 18.1. The molecule has 128 valence electrons. The SMILES string of the molecule is O=c1c2ccccc2cc2n1Cc1c-2nc2ccccc2c1CCCCl. The number of pyridine rings is 2. The first-order valence-electron chi connectivity index (χ1n) is 8.87. The Morgan fingerprint density at radius 2 is 1.81 bits per heavy atom. The van der Waals surface area contributed by atoms with Crippen molar-refractivity contribution in [3.05, 3.63) is 76.1 Å². The van der Waals surface area contributed by atoms with E-state index in [4.69, 9.17) is 16.6 Å². The third kappa shape index (κ3) is 2.20. The summed E-state index contributed by atoms with van der Waals surface area (Å²) in [6.45, 7) is 0.587. The monoisotopic (exact) mass is 360 g/mol. The van der Waals surface area contributed by atoms with Gasteiger partial charge < -0.3 is 4.57 Å². The topological polar surface area (TPSA) is 34.9 Å². The van der Waals surface area contributed by atoms with Crippen molar-refractivity contribution < 1.29 is 0 Å². The molecule has 0 N–H and O–H groups in total. The van der Waals surface area contributed by atoms with Crippen LogP contribution in [0.2, 0.25) is 0 Å². The van der Waals surface area contributed by atoms with Crippen molar-refractivity contribution in [1.82, 2.24) is 9.55 Å². The normalized spacial score (nSPS) is 12.5. The Balaban J connectivity index is 1.84. The summed E-state index contributed by atoms with van der Waals surface area (Å²) in [6.07, 6.45) is 1.81. The zero-order valence-electron chi connectivity index (χ0n) is 14.2. The third-order valence-corrected chi connectivity index (χ3v) is 5.52. The van der Waals surface area contributed by atoms with Crippen molar-refractivity contribution in [2.75, 3.05) is 5.88 Å². The average Bonchev–Trinajstić information content (AvgIpc) is 3.04. The Morgan fingerprint density at radius 3 is 2.65 bits per heavy atom. The van der Waals surface area contributed by atoms with Crippen molar-refractivity contribution in [3.63, 3.8) is 0 Å². The summed E-state index contributed by atoms with van der Waals surface area (Å²) in [5.74, 6) is 0.627. The summed E-state index contributed by atoms with van der Waals surface area (Å²) < 4.78 is 1.86. The molecule has 4 aromatic rings. The summed E-state index contributed by atoms with van der Waals surface area (Å²) in [5.41, 5.74) is 5.34. The van der Waals surface area contributed by atoms with Gasteiger partial charge in [-0.3, -0.25) is 4.79 Å². The van der Waals surface area contributed by atoms with Crippen molar-refractivity contribution in [2.24, 2.45) is 0 Å². The number of benzene rings is 2. The zero-order chi connectivity index (χ0) is 17.7. The highest BCUT2D eigenvalue weighted by Crippen LogP contribution is 2.36. The largest absolute Gasteiger partial charge is 0.302 e. The smallest absolute Gasteiger partial charge is 0.259 e.